The molecule has 136 valence electrons. The van der Waals surface area contributed by atoms with E-state index in [1.165, 1.54) is 22.6 Å². The van der Waals surface area contributed by atoms with E-state index in [-0.39, 0.29) is 12.4 Å². The number of nitrogens with zero attached hydrogens (tertiary/aromatic N) is 2. The Labute approximate surface area is 139 Å². The van der Waals surface area contributed by atoms with Gasteiger partial charge in [-0.2, -0.15) is 30.6 Å². The molecule has 1 fully saturated rings. The minimum Gasteiger partial charge on any atom is -0.468 e. The van der Waals surface area contributed by atoms with E-state index >= 15 is 0 Å². The molecule has 0 spiro atoms. The van der Waals surface area contributed by atoms with E-state index in [1.54, 1.807) is 0 Å². The summed E-state index contributed by atoms with van der Waals surface area (Å²) in [5.74, 6) is 0.306. The van der Waals surface area contributed by atoms with Gasteiger partial charge in [0.1, 0.15) is 0 Å². The monoisotopic (exact) mass is 367 g/mol. The Morgan fingerprint density at radius 3 is 2.67 bits per heavy atom. The van der Waals surface area contributed by atoms with Gasteiger partial charge in [0, 0.05) is 31.9 Å². The highest BCUT2D eigenvalue weighted by atomic mass is 32.2. The number of hydrogen-bond donors (Lipinski definition) is 1. The topological polar surface area (TPSA) is 71.5 Å². The van der Waals surface area contributed by atoms with Crippen molar-refractivity contribution in [2.24, 2.45) is 5.92 Å². The SMILES string of the molecule is CC1CCN(S(=O)(=O)NCc2ccnc(OCC(F)(F)F)c2)CC1. The summed E-state index contributed by atoms with van der Waals surface area (Å²) in [5, 5.41) is 0. The smallest absolute Gasteiger partial charge is 0.422 e. The molecule has 0 radical (unpaired) electrons. The first-order chi connectivity index (χ1) is 11.2. The highest BCUT2D eigenvalue weighted by Crippen LogP contribution is 2.19. The van der Waals surface area contributed by atoms with Crippen LogP contribution >= 0.6 is 0 Å². The van der Waals surface area contributed by atoms with Gasteiger partial charge in [0.2, 0.25) is 5.88 Å². The van der Waals surface area contributed by atoms with Gasteiger partial charge in [-0.05, 0) is 30.4 Å². The van der Waals surface area contributed by atoms with Gasteiger partial charge in [-0.15, -0.1) is 0 Å². The first-order valence-corrected chi connectivity index (χ1v) is 8.99. The minimum absolute atomic E-state index is 0.0424. The molecule has 0 aromatic carbocycles. The Morgan fingerprint density at radius 2 is 2.04 bits per heavy atom. The maximum atomic E-state index is 12.2. The Hall–Kier alpha value is -1.39. The van der Waals surface area contributed by atoms with Crippen LogP contribution in [0.5, 0.6) is 5.88 Å². The van der Waals surface area contributed by atoms with Gasteiger partial charge in [0.15, 0.2) is 6.61 Å². The van der Waals surface area contributed by atoms with E-state index in [9.17, 15) is 21.6 Å². The zero-order valence-electron chi connectivity index (χ0n) is 13.2. The Morgan fingerprint density at radius 1 is 1.38 bits per heavy atom. The predicted octanol–water partition coefficient (Wildman–Crippen LogP) is 2.09. The molecule has 24 heavy (non-hydrogen) atoms. The molecule has 1 aliphatic heterocycles. The molecule has 10 heteroatoms. The van der Waals surface area contributed by atoms with Gasteiger partial charge in [0.25, 0.3) is 10.2 Å². The van der Waals surface area contributed by atoms with Crippen LogP contribution in [-0.2, 0) is 16.8 Å². The highest BCUT2D eigenvalue weighted by Gasteiger charge is 2.29. The fraction of sp³-hybridized carbons (Fsp3) is 0.643. The second kappa shape index (κ2) is 7.66. The Bertz CT molecular complexity index is 644. The lowest BCUT2D eigenvalue weighted by Crippen LogP contribution is -2.44. The number of aromatic nitrogens is 1. The normalized spacial score (nSPS) is 17.8. The van der Waals surface area contributed by atoms with Crippen LogP contribution in [0, 0.1) is 5.92 Å². The lowest BCUT2D eigenvalue weighted by atomic mass is 10.0. The molecule has 0 unspecified atom stereocenters. The van der Waals surface area contributed by atoms with Gasteiger partial charge >= 0.3 is 6.18 Å². The average molecular weight is 367 g/mol. The van der Waals surface area contributed by atoms with Crippen molar-refractivity contribution in [2.75, 3.05) is 19.7 Å². The molecular weight excluding hydrogens is 347 g/mol. The maximum absolute atomic E-state index is 12.2. The first-order valence-electron chi connectivity index (χ1n) is 7.55. The third-order valence-corrected chi connectivity index (χ3v) is 5.28. The Kier molecular flexibility index (Phi) is 6.05. The molecule has 0 saturated carbocycles. The van der Waals surface area contributed by atoms with Crippen molar-refractivity contribution in [1.29, 1.82) is 0 Å². The third-order valence-electron chi connectivity index (χ3n) is 3.72. The van der Waals surface area contributed by atoms with Crippen LogP contribution in [0.4, 0.5) is 13.2 Å². The molecular formula is C14H20F3N3O3S. The lowest BCUT2D eigenvalue weighted by Gasteiger charge is -2.29. The molecule has 0 bridgehead atoms. The summed E-state index contributed by atoms with van der Waals surface area (Å²) >= 11 is 0. The molecule has 2 rings (SSSR count). The average Bonchev–Trinajstić information content (AvgIpc) is 2.51. The van der Waals surface area contributed by atoms with E-state index in [4.69, 9.17) is 0 Å². The van der Waals surface area contributed by atoms with Gasteiger partial charge in [-0.1, -0.05) is 6.92 Å². The maximum Gasteiger partial charge on any atom is 0.422 e. The van der Waals surface area contributed by atoms with Crippen molar-refractivity contribution in [3.63, 3.8) is 0 Å². The van der Waals surface area contributed by atoms with E-state index in [2.05, 4.69) is 21.4 Å². The minimum atomic E-state index is -4.45. The number of pyridine rings is 1. The number of halogens is 3. The fourth-order valence-corrected chi connectivity index (χ4v) is 3.51. The molecule has 0 aliphatic carbocycles. The van der Waals surface area contributed by atoms with Crippen molar-refractivity contribution in [3.8, 4) is 5.88 Å². The van der Waals surface area contributed by atoms with Gasteiger partial charge in [-0.3, -0.25) is 0 Å². The lowest BCUT2D eigenvalue weighted by molar-refractivity contribution is -0.154. The van der Waals surface area contributed by atoms with Crippen LogP contribution in [0.25, 0.3) is 0 Å². The molecule has 2 heterocycles. The van der Waals surface area contributed by atoms with Gasteiger partial charge in [-0.25, -0.2) is 4.98 Å². The molecule has 1 saturated heterocycles. The summed E-state index contributed by atoms with van der Waals surface area (Å²) in [6, 6.07) is 2.80. The largest absolute Gasteiger partial charge is 0.468 e. The van der Waals surface area contributed by atoms with E-state index in [0.29, 0.717) is 24.6 Å². The third kappa shape index (κ3) is 5.91. The summed E-state index contributed by atoms with van der Waals surface area (Å²) in [6.45, 7) is 1.52. The second-order valence-corrected chi connectivity index (χ2v) is 7.57. The van der Waals surface area contributed by atoms with E-state index in [1.807, 2.05) is 0 Å². The number of hydrogen-bond acceptors (Lipinski definition) is 4. The van der Waals surface area contributed by atoms with Crippen LogP contribution in [0.3, 0.4) is 0 Å². The number of nitrogens with one attached hydrogen (secondary N) is 1. The summed E-state index contributed by atoms with van der Waals surface area (Å²) in [5.41, 5.74) is 0.469. The summed E-state index contributed by atoms with van der Waals surface area (Å²) < 4.78 is 69.2. The van der Waals surface area contributed by atoms with E-state index < -0.39 is 23.0 Å². The Balaban J connectivity index is 1.91. The molecule has 1 aromatic rings. The number of ether oxygens (including phenoxy) is 1. The second-order valence-electron chi connectivity index (χ2n) is 5.81. The van der Waals surface area contributed by atoms with E-state index in [0.717, 1.165) is 12.8 Å². The summed E-state index contributed by atoms with van der Waals surface area (Å²) in [4.78, 5) is 3.68. The summed E-state index contributed by atoms with van der Waals surface area (Å²) in [7, 11) is -3.61. The van der Waals surface area contributed by atoms with Gasteiger partial charge in [0.05, 0.1) is 0 Å². The van der Waals surface area contributed by atoms with Crippen LogP contribution in [0.15, 0.2) is 18.3 Å². The van der Waals surface area contributed by atoms with Crippen LogP contribution in [0.1, 0.15) is 25.3 Å². The standard InChI is InChI=1S/C14H20F3N3O3S/c1-11-3-6-20(7-4-11)24(21,22)19-9-12-2-5-18-13(8-12)23-10-14(15,16)17/h2,5,8,11,19H,3-4,6-7,9-10H2,1H3. The predicted molar refractivity (Wildman–Crippen MR) is 81.5 cm³/mol. The molecule has 1 aliphatic rings. The molecule has 1 N–H and O–H groups in total. The van der Waals surface area contributed by atoms with Crippen LogP contribution in [-0.4, -0.2) is 43.6 Å². The van der Waals surface area contributed by atoms with Crippen molar-refractivity contribution < 1.29 is 26.3 Å². The fourth-order valence-electron chi connectivity index (χ4n) is 2.29. The number of rotatable bonds is 6. The molecule has 6 nitrogen and oxygen atoms in total. The van der Waals surface area contributed by atoms with Gasteiger partial charge < -0.3 is 4.74 Å². The number of alkyl halides is 3. The zero-order chi connectivity index (χ0) is 17.8. The van der Waals surface area contributed by atoms with Crippen LogP contribution in [0.2, 0.25) is 0 Å². The van der Waals surface area contributed by atoms with Crippen molar-refractivity contribution in [3.05, 3.63) is 23.9 Å². The number of piperidine rings is 1. The van der Waals surface area contributed by atoms with Crippen LogP contribution < -0.4 is 9.46 Å². The quantitative estimate of drug-likeness (QED) is 0.836. The van der Waals surface area contributed by atoms with Crippen molar-refractivity contribution >= 4 is 10.2 Å². The first kappa shape index (κ1) is 18.9. The van der Waals surface area contributed by atoms with Crippen molar-refractivity contribution in [2.45, 2.75) is 32.5 Å². The summed E-state index contributed by atoms with van der Waals surface area (Å²) in [6.07, 6.45) is -1.56. The zero-order valence-corrected chi connectivity index (χ0v) is 14.0. The molecule has 0 amide bonds. The molecule has 1 aromatic heterocycles. The highest BCUT2D eigenvalue weighted by molar-refractivity contribution is 7.87. The molecule has 0 atom stereocenters. The van der Waals surface area contributed by atoms with Crippen molar-refractivity contribution in [1.82, 2.24) is 14.0 Å².